The van der Waals surface area contributed by atoms with Crippen molar-refractivity contribution in [2.75, 3.05) is 40.5 Å². The van der Waals surface area contributed by atoms with Crippen molar-refractivity contribution in [1.29, 1.82) is 0 Å². The highest BCUT2D eigenvalue weighted by Gasteiger charge is 2.18. The highest BCUT2D eigenvalue weighted by atomic mass is 16.5. The van der Waals surface area contributed by atoms with E-state index in [0.29, 0.717) is 24.7 Å². The molecular formula is C31H34N2O4. The van der Waals surface area contributed by atoms with Crippen molar-refractivity contribution in [2.45, 2.75) is 26.3 Å². The molecule has 0 saturated heterocycles. The molecule has 2 heterocycles. The largest absolute Gasteiger partial charge is 0.497 e. The molecule has 0 aliphatic carbocycles. The Labute approximate surface area is 218 Å². The summed E-state index contributed by atoms with van der Waals surface area (Å²) in [6.45, 7) is 6.20. The number of benzene rings is 3. The number of hydrogen-bond acceptors (Lipinski definition) is 6. The average molecular weight is 499 g/mol. The van der Waals surface area contributed by atoms with Gasteiger partial charge in [-0.1, -0.05) is 31.2 Å². The number of pyridine rings is 1. The van der Waals surface area contributed by atoms with Gasteiger partial charge in [-0.25, -0.2) is 4.98 Å². The van der Waals surface area contributed by atoms with Gasteiger partial charge in [-0.15, -0.1) is 0 Å². The second-order valence-electron chi connectivity index (χ2n) is 9.25. The summed E-state index contributed by atoms with van der Waals surface area (Å²) >= 11 is 0. The third-order valence-electron chi connectivity index (χ3n) is 6.76. The molecule has 192 valence electrons. The molecule has 5 rings (SSSR count). The summed E-state index contributed by atoms with van der Waals surface area (Å²) in [5.74, 6) is 2.98. The van der Waals surface area contributed by atoms with E-state index in [2.05, 4.69) is 36.1 Å². The molecule has 0 radical (unpaired) electrons. The second kappa shape index (κ2) is 11.5. The number of rotatable bonds is 10. The van der Waals surface area contributed by atoms with Gasteiger partial charge in [0.15, 0.2) is 0 Å². The van der Waals surface area contributed by atoms with Crippen LogP contribution < -0.4 is 18.9 Å². The van der Waals surface area contributed by atoms with E-state index in [-0.39, 0.29) is 0 Å². The zero-order valence-electron chi connectivity index (χ0n) is 21.8. The van der Waals surface area contributed by atoms with E-state index in [1.807, 2.05) is 42.5 Å². The fraction of sp³-hybridized carbons (Fsp3) is 0.323. The van der Waals surface area contributed by atoms with Gasteiger partial charge >= 0.3 is 0 Å². The lowest BCUT2D eigenvalue weighted by atomic mass is 10.0. The normalized spacial score (nSPS) is 13.3. The molecule has 1 aliphatic rings. The Balaban J connectivity index is 1.42. The van der Waals surface area contributed by atoms with Crippen molar-refractivity contribution in [2.24, 2.45) is 0 Å². The van der Waals surface area contributed by atoms with E-state index < -0.39 is 0 Å². The highest BCUT2D eigenvalue weighted by Crippen LogP contribution is 2.39. The number of nitrogens with zero attached hydrogens (tertiary/aromatic N) is 2. The molecule has 3 aromatic carbocycles. The standard InChI is InChI=1S/C31H34N2O4/c1-4-16-36-25-11-9-23(10-12-25)27-20-30(31-28(32-27)18-26(34-2)19-29(31)35-3)37-17-15-33-14-13-22-7-5-6-8-24(22)21-33/h5-12,18-20H,4,13-17,21H2,1-3H3. The molecule has 1 aromatic heterocycles. The summed E-state index contributed by atoms with van der Waals surface area (Å²) in [7, 11) is 3.31. The van der Waals surface area contributed by atoms with Gasteiger partial charge in [-0.05, 0) is 48.2 Å². The van der Waals surface area contributed by atoms with Crippen molar-refractivity contribution in [3.63, 3.8) is 0 Å². The van der Waals surface area contributed by atoms with Gasteiger partial charge in [0, 0.05) is 43.4 Å². The lowest BCUT2D eigenvalue weighted by Gasteiger charge is -2.28. The molecule has 6 nitrogen and oxygen atoms in total. The maximum absolute atomic E-state index is 6.44. The van der Waals surface area contributed by atoms with Crippen molar-refractivity contribution >= 4 is 10.9 Å². The first kappa shape index (κ1) is 24.9. The van der Waals surface area contributed by atoms with Crippen LogP contribution in [-0.2, 0) is 13.0 Å². The topological polar surface area (TPSA) is 53.1 Å². The predicted molar refractivity (Wildman–Crippen MR) is 147 cm³/mol. The molecule has 4 aromatic rings. The molecule has 0 amide bonds. The monoisotopic (exact) mass is 498 g/mol. The minimum atomic E-state index is 0.569. The van der Waals surface area contributed by atoms with E-state index in [4.69, 9.17) is 23.9 Å². The van der Waals surface area contributed by atoms with Gasteiger partial charge in [-0.3, -0.25) is 4.90 Å². The van der Waals surface area contributed by atoms with Gasteiger partial charge < -0.3 is 18.9 Å². The van der Waals surface area contributed by atoms with Gasteiger partial charge in [0.25, 0.3) is 0 Å². The summed E-state index contributed by atoms with van der Waals surface area (Å²) in [6, 6.07) is 22.5. The molecule has 0 spiro atoms. The Morgan fingerprint density at radius 2 is 1.62 bits per heavy atom. The fourth-order valence-corrected chi connectivity index (χ4v) is 4.78. The lowest BCUT2D eigenvalue weighted by molar-refractivity contribution is 0.197. The lowest BCUT2D eigenvalue weighted by Crippen LogP contribution is -2.33. The maximum atomic E-state index is 6.44. The summed E-state index contributed by atoms with van der Waals surface area (Å²) < 4.78 is 23.4. The number of methoxy groups -OCH3 is 2. The van der Waals surface area contributed by atoms with Crippen LogP contribution in [0.3, 0.4) is 0 Å². The third-order valence-corrected chi connectivity index (χ3v) is 6.76. The number of aromatic nitrogens is 1. The number of fused-ring (bicyclic) bond motifs is 2. The highest BCUT2D eigenvalue weighted by molar-refractivity contribution is 5.94. The number of hydrogen-bond donors (Lipinski definition) is 0. The summed E-state index contributed by atoms with van der Waals surface area (Å²) in [5, 5.41) is 0.846. The smallest absolute Gasteiger partial charge is 0.135 e. The molecule has 0 bridgehead atoms. The Hall–Kier alpha value is -3.77. The van der Waals surface area contributed by atoms with Crippen LogP contribution in [0.25, 0.3) is 22.2 Å². The fourth-order valence-electron chi connectivity index (χ4n) is 4.78. The Morgan fingerprint density at radius 1 is 0.811 bits per heavy atom. The summed E-state index contributed by atoms with van der Waals surface area (Å²) in [5.41, 5.74) is 5.44. The molecule has 0 saturated carbocycles. The minimum Gasteiger partial charge on any atom is -0.497 e. The predicted octanol–water partition coefficient (Wildman–Crippen LogP) is 6.14. The summed E-state index contributed by atoms with van der Waals surface area (Å²) in [4.78, 5) is 7.39. The average Bonchev–Trinajstić information content (AvgIpc) is 2.95. The SMILES string of the molecule is CCCOc1ccc(-c2cc(OCCN3CCc4ccccc4C3)c3c(OC)cc(OC)cc3n2)cc1. The first-order valence-corrected chi connectivity index (χ1v) is 12.9. The van der Waals surface area contributed by atoms with Crippen molar-refractivity contribution in [1.82, 2.24) is 9.88 Å². The van der Waals surface area contributed by atoms with Gasteiger partial charge in [0.1, 0.15) is 29.6 Å². The molecular weight excluding hydrogens is 464 g/mol. The minimum absolute atomic E-state index is 0.569. The van der Waals surface area contributed by atoms with Crippen LogP contribution in [0.4, 0.5) is 0 Å². The van der Waals surface area contributed by atoms with Crippen LogP contribution in [0, 0.1) is 0 Å². The van der Waals surface area contributed by atoms with E-state index in [1.165, 1.54) is 11.1 Å². The zero-order valence-corrected chi connectivity index (χ0v) is 21.8. The maximum Gasteiger partial charge on any atom is 0.135 e. The molecule has 0 unspecified atom stereocenters. The van der Waals surface area contributed by atoms with Crippen molar-refractivity contribution in [3.05, 3.63) is 77.9 Å². The first-order chi connectivity index (χ1) is 18.2. The Bertz CT molecular complexity index is 1350. The van der Waals surface area contributed by atoms with Crippen LogP contribution in [0.2, 0.25) is 0 Å². The van der Waals surface area contributed by atoms with E-state index in [0.717, 1.165) is 66.1 Å². The zero-order chi connectivity index (χ0) is 25.6. The molecule has 0 atom stereocenters. The second-order valence-corrected chi connectivity index (χ2v) is 9.25. The van der Waals surface area contributed by atoms with Gasteiger partial charge in [0.2, 0.25) is 0 Å². The van der Waals surface area contributed by atoms with Crippen LogP contribution in [0.1, 0.15) is 24.5 Å². The Kier molecular flexibility index (Phi) is 7.76. The summed E-state index contributed by atoms with van der Waals surface area (Å²) in [6.07, 6.45) is 2.05. The van der Waals surface area contributed by atoms with Gasteiger partial charge in [0.05, 0.1) is 37.4 Å². The third kappa shape index (κ3) is 5.65. The molecule has 6 heteroatoms. The molecule has 0 fully saturated rings. The van der Waals surface area contributed by atoms with Crippen LogP contribution in [-0.4, -0.2) is 50.4 Å². The van der Waals surface area contributed by atoms with Crippen LogP contribution >= 0.6 is 0 Å². The first-order valence-electron chi connectivity index (χ1n) is 12.9. The van der Waals surface area contributed by atoms with Crippen LogP contribution in [0.15, 0.2) is 66.7 Å². The van der Waals surface area contributed by atoms with Crippen molar-refractivity contribution < 1.29 is 18.9 Å². The quantitative estimate of drug-likeness (QED) is 0.262. The van der Waals surface area contributed by atoms with E-state index in [9.17, 15) is 0 Å². The number of ether oxygens (including phenoxy) is 4. The molecule has 37 heavy (non-hydrogen) atoms. The van der Waals surface area contributed by atoms with E-state index in [1.54, 1.807) is 14.2 Å². The van der Waals surface area contributed by atoms with E-state index >= 15 is 0 Å². The molecule has 0 N–H and O–H groups in total. The molecule has 1 aliphatic heterocycles. The Morgan fingerprint density at radius 3 is 2.38 bits per heavy atom. The van der Waals surface area contributed by atoms with Gasteiger partial charge in [-0.2, -0.15) is 0 Å². The van der Waals surface area contributed by atoms with Crippen molar-refractivity contribution in [3.8, 4) is 34.3 Å². The van der Waals surface area contributed by atoms with Crippen LogP contribution in [0.5, 0.6) is 23.0 Å².